The third kappa shape index (κ3) is 5.20. The van der Waals surface area contributed by atoms with E-state index in [2.05, 4.69) is 52.2 Å². The molecule has 1 aliphatic heterocycles. The molecule has 2 atom stereocenters. The van der Waals surface area contributed by atoms with Crippen LogP contribution in [-0.2, 0) is 24.3 Å². The van der Waals surface area contributed by atoms with Gasteiger partial charge in [0.15, 0.2) is 5.58 Å². The topological polar surface area (TPSA) is 87.5 Å². The summed E-state index contributed by atoms with van der Waals surface area (Å²) in [4.78, 5) is 28.1. The third-order valence-corrected chi connectivity index (χ3v) is 8.05. The molecule has 2 heterocycles. The van der Waals surface area contributed by atoms with Crippen molar-refractivity contribution in [1.82, 2.24) is 20.7 Å². The van der Waals surface area contributed by atoms with Gasteiger partial charge in [-0.2, -0.15) is 0 Å². The number of carbonyl (C=O) groups is 2. The second-order valence-electron chi connectivity index (χ2n) is 12.1. The van der Waals surface area contributed by atoms with Gasteiger partial charge in [0.2, 0.25) is 5.91 Å². The van der Waals surface area contributed by atoms with Gasteiger partial charge < -0.3 is 20.1 Å². The third-order valence-electron chi connectivity index (χ3n) is 8.05. The molecule has 0 saturated heterocycles. The molecule has 7 heteroatoms. The van der Waals surface area contributed by atoms with E-state index in [1.165, 1.54) is 11.1 Å². The lowest BCUT2D eigenvalue weighted by Gasteiger charge is -2.34. The summed E-state index contributed by atoms with van der Waals surface area (Å²) in [5.41, 5.74) is 8.19. The Bertz CT molecular complexity index is 1580. The van der Waals surface area contributed by atoms with Gasteiger partial charge in [0.05, 0.1) is 5.69 Å². The number of urea groups is 1. The summed E-state index contributed by atoms with van der Waals surface area (Å²) < 4.78 is 5.42. The van der Waals surface area contributed by atoms with E-state index >= 15 is 0 Å². The average Bonchev–Trinajstić information content (AvgIpc) is 3.67. The first-order chi connectivity index (χ1) is 19.2. The van der Waals surface area contributed by atoms with E-state index in [1.807, 2.05) is 56.9 Å². The fourth-order valence-corrected chi connectivity index (χ4v) is 5.84. The van der Waals surface area contributed by atoms with Crippen LogP contribution in [0.1, 0.15) is 61.1 Å². The Morgan fingerprint density at radius 3 is 2.62 bits per heavy atom. The maximum Gasteiger partial charge on any atom is 0.318 e. The predicted octanol–water partition coefficient (Wildman–Crippen LogP) is 6.09. The highest BCUT2D eigenvalue weighted by Crippen LogP contribution is 2.47. The minimum absolute atomic E-state index is 0.0186. The van der Waals surface area contributed by atoms with Crippen molar-refractivity contribution in [2.45, 2.75) is 65.1 Å². The molecule has 7 nitrogen and oxygen atoms in total. The highest BCUT2D eigenvalue weighted by Gasteiger charge is 2.43. The van der Waals surface area contributed by atoms with E-state index < -0.39 is 0 Å². The summed E-state index contributed by atoms with van der Waals surface area (Å²) in [6.45, 7) is 9.50. The fraction of sp³-hybridized carbons (Fsp3) is 0.364. The Morgan fingerprint density at radius 2 is 1.85 bits per heavy atom. The molecular weight excluding hydrogens is 500 g/mol. The minimum Gasteiger partial charge on any atom is -0.356 e. The number of aryl methyl sites for hydroxylation is 1. The van der Waals surface area contributed by atoms with Crippen LogP contribution in [0, 0.1) is 12.8 Å². The molecule has 6 rings (SSSR count). The number of carbonyl (C=O) groups excluding carboxylic acids is 2. The first-order valence-corrected chi connectivity index (χ1v) is 14.1. The molecule has 0 bridgehead atoms. The van der Waals surface area contributed by atoms with Crippen LogP contribution in [0.2, 0.25) is 0 Å². The number of nitrogens with one attached hydrogen (secondary N) is 2. The zero-order chi connectivity index (χ0) is 28.0. The quantitative estimate of drug-likeness (QED) is 0.323. The molecular formula is C33H36N4O3. The van der Waals surface area contributed by atoms with Gasteiger partial charge in [0.25, 0.3) is 0 Å². The van der Waals surface area contributed by atoms with Crippen LogP contribution in [0.5, 0.6) is 0 Å². The largest absolute Gasteiger partial charge is 0.356 e. The van der Waals surface area contributed by atoms with Crippen LogP contribution in [0.3, 0.4) is 0 Å². The molecule has 1 aliphatic carbocycles. The normalized spacial score (nSPS) is 18.4. The number of rotatable bonds is 5. The van der Waals surface area contributed by atoms with Gasteiger partial charge in [-0.25, -0.2) is 4.79 Å². The highest BCUT2D eigenvalue weighted by molar-refractivity contribution is 5.86. The van der Waals surface area contributed by atoms with Crippen molar-refractivity contribution in [3.05, 3.63) is 88.6 Å². The Morgan fingerprint density at radius 1 is 1.05 bits per heavy atom. The number of fused-ring (bicyclic) bond motifs is 2. The van der Waals surface area contributed by atoms with Crippen molar-refractivity contribution in [3.63, 3.8) is 0 Å². The van der Waals surface area contributed by atoms with Crippen molar-refractivity contribution in [1.29, 1.82) is 0 Å². The molecule has 2 aliphatic rings. The molecule has 1 saturated carbocycles. The first kappa shape index (κ1) is 26.1. The maximum atomic E-state index is 13.1. The van der Waals surface area contributed by atoms with Crippen LogP contribution in [0.25, 0.3) is 22.1 Å². The molecule has 1 fully saturated rings. The van der Waals surface area contributed by atoms with E-state index in [0.29, 0.717) is 25.6 Å². The molecule has 4 aromatic rings. The number of benzene rings is 3. The molecule has 0 radical (unpaired) electrons. The SMILES string of the molecule is Cc1noc2ccc(-c3ccc(CNC(=O)C4CC4c4ccccc4)c4c3CCN(C(=O)NC(C)(C)C)C4)cc12. The Labute approximate surface area is 234 Å². The summed E-state index contributed by atoms with van der Waals surface area (Å²) in [6, 6.07) is 20.6. The number of amides is 3. The van der Waals surface area contributed by atoms with Gasteiger partial charge in [-0.05, 0) is 92.0 Å². The standard InChI is InChI=1S/C33H36N4O3/c1-20-26-16-22(11-13-30(26)40-36-20)24-12-10-23(18-34-31(38)28-17-27(28)21-8-6-5-7-9-21)29-19-37(15-14-25(24)29)32(39)35-33(2,3)4/h5-13,16,27-28H,14-15,17-19H2,1-4H3,(H,34,38)(H,35,39). The zero-order valence-electron chi connectivity index (χ0n) is 23.6. The number of hydrogen-bond donors (Lipinski definition) is 2. The van der Waals surface area contributed by atoms with Crippen LogP contribution in [0.15, 0.2) is 65.2 Å². The average molecular weight is 537 g/mol. The smallest absolute Gasteiger partial charge is 0.318 e. The molecule has 3 amide bonds. The summed E-state index contributed by atoms with van der Waals surface area (Å²) in [7, 11) is 0. The summed E-state index contributed by atoms with van der Waals surface area (Å²) in [5.74, 6) is 0.410. The van der Waals surface area contributed by atoms with Crippen molar-refractivity contribution in [3.8, 4) is 11.1 Å². The number of nitrogens with zero attached hydrogens (tertiary/aromatic N) is 2. The lowest BCUT2D eigenvalue weighted by molar-refractivity contribution is -0.122. The molecule has 0 spiro atoms. The number of aromatic nitrogens is 1. The molecule has 2 unspecified atom stereocenters. The Kier molecular flexibility index (Phi) is 6.61. The number of hydrogen-bond acceptors (Lipinski definition) is 4. The molecule has 1 aromatic heterocycles. The van der Waals surface area contributed by atoms with E-state index in [1.54, 1.807) is 0 Å². The van der Waals surface area contributed by atoms with Gasteiger partial charge in [-0.1, -0.05) is 53.7 Å². The van der Waals surface area contributed by atoms with E-state index in [9.17, 15) is 9.59 Å². The minimum atomic E-state index is -0.318. The summed E-state index contributed by atoms with van der Waals surface area (Å²) >= 11 is 0. The maximum absolute atomic E-state index is 13.1. The van der Waals surface area contributed by atoms with E-state index in [4.69, 9.17) is 4.52 Å². The van der Waals surface area contributed by atoms with E-state index in [-0.39, 0.29) is 23.4 Å². The Balaban J connectivity index is 1.28. The van der Waals surface area contributed by atoms with Gasteiger partial charge in [-0.3, -0.25) is 4.79 Å². The molecule has 2 N–H and O–H groups in total. The second kappa shape index (κ2) is 10.1. The van der Waals surface area contributed by atoms with Crippen LogP contribution in [0.4, 0.5) is 4.79 Å². The zero-order valence-corrected chi connectivity index (χ0v) is 23.6. The molecule has 3 aromatic carbocycles. The second-order valence-corrected chi connectivity index (χ2v) is 12.1. The highest BCUT2D eigenvalue weighted by atomic mass is 16.5. The van der Waals surface area contributed by atoms with Crippen molar-refractivity contribution >= 4 is 22.9 Å². The molecule has 40 heavy (non-hydrogen) atoms. The van der Waals surface area contributed by atoms with E-state index in [0.717, 1.165) is 51.8 Å². The monoisotopic (exact) mass is 536 g/mol. The summed E-state index contributed by atoms with van der Waals surface area (Å²) in [6.07, 6.45) is 1.63. The Hall–Kier alpha value is -4.13. The molecule has 206 valence electrons. The van der Waals surface area contributed by atoms with Gasteiger partial charge in [-0.15, -0.1) is 0 Å². The van der Waals surface area contributed by atoms with Crippen LogP contribution >= 0.6 is 0 Å². The predicted molar refractivity (Wildman–Crippen MR) is 156 cm³/mol. The first-order valence-electron chi connectivity index (χ1n) is 14.1. The summed E-state index contributed by atoms with van der Waals surface area (Å²) in [5, 5.41) is 11.4. The lowest BCUT2D eigenvalue weighted by atomic mass is 9.87. The van der Waals surface area contributed by atoms with Crippen molar-refractivity contribution in [2.24, 2.45) is 5.92 Å². The lowest BCUT2D eigenvalue weighted by Crippen LogP contribution is -2.50. The van der Waals surface area contributed by atoms with Gasteiger partial charge in [0, 0.05) is 36.5 Å². The van der Waals surface area contributed by atoms with Crippen molar-refractivity contribution < 1.29 is 14.1 Å². The van der Waals surface area contributed by atoms with Crippen molar-refractivity contribution in [2.75, 3.05) is 6.54 Å². The van der Waals surface area contributed by atoms with Gasteiger partial charge >= 0.3 is 6.03 Å². The van der Waals surface area contributed by atoms with Crippen LogP contribution in [-0.4, -0.2) is 34.1 Å². The van der Waals surface area contributed by atoms with Gasteiger partial charge in [0.1, 0.15) is 0 Å². The van der Waals surface area contributed by atoms with Crippen LogP contribution < -0.4 is 10.6 Å². The fourth-order valence-electron chi connectivity index (χ4n) is 5.84.